The average molecular weight is 321 g/mol. The molecule has 0 unspecified atom stereocenters. The molecule has 0 bridgehead atoms. The van der Waals surface area contributed by atoms with Gasteiger partial charge in [0.05, 0.1) is 18.1 Å². The summed E-state index contributed by atoms with van der Waals surface area (Å²) < 4.78 is 5.33. The van der Waals surface area contributed by atoms with Gasteiger partial charge in [0.1, 0.15) is 6.33 Å². The van der Waals surface area contributed by atoms with Crippen molar-refractivity contribution < 1.29 is 9.66 Å². The number of hydrogen-bond donors (Lipinski definition) is 0. The maximum atomic E-state index is 11.7. The molecule has 0 N–H and O–H groups in total. The molecule has 2 aliphatic rings. The standard InChI is InChI=1S/C15H23N5O3/c1-2-5-19(10-12-3-4-12)15-13(20(21)22)14(16-11-17-15)18-6-8-23-9-7-18/h11-12H,2-10H2,1H3. The topological polar surface area (TPSA) is 84.6 Å². The fraction of sp³-hybridized carbons (Fsp3) is 0.733. The van der Waals surface area contributed by atoms with Crippen LogP contribution in [0.3, 0.4) is 0 Å². The Kier molecular flexibility index (Phi) is 4.90. The SMILES string of the molecule is CCCN(CC1CC1)c1ncnc(N2CCOCC2)c1[N+](=O)[O-]. The zero-order valence-electron chi connectivity index (χ0n) is 13.5. The summed E-state index contributed by atoms with van der Waals surface area (Å²) in [6.45, 7) is 6.07. The highest BCUT2D eigenvalue weighted by Crippen LogP contribution is 2.37. The Balaban J connectivity index is 1.95. The molecular weight excluding hydrogens is 298 g/mol. The quantitative estimate of drug-likeness (QED) is 0.559. The Hall–Kier alpha value is -1.96. The summed E-state index contributed by atoms with van der Waals surface area (Å²) in [5.74, 6) is 1.52. The number of hydrogen-bond acceptors (Lipinski definition) is 7. The second-order valence-electron chi connectivity index (χ2n) is 6.12. The largest absolute Gasteiger partial charge is 0.378 e. The van der Waals surface area contributed by atoms with Crippen LogP contribution in [0.5, 0.6) is 0 Å². The van der Waals surface area contributed by atoms with E-state index in [2.05, 4.69) is 21.8 Å². The summed E-state index contributed by atoms with van der Waals surface area (Å²) in [6.07, 6.45) is 4.79. The number of anilines is 2. The lowest BCUT2D eigenvalue weighted by molar-refractivity contribution is -0.383. The molecule has 0 aromatic carbocycles. The van der Waals surface area contributed by atoms with Gasteiger partial charge in [-0.1, -0.05) is 6.92 Å². The fourth-order valence-corrected chi connectivity index (χ4v) is 2.93. The van der Waals surface area contributed by atoms with Gasteiger partial charge in [-0.05, 0) is 25.2 Å². The Morgan fingerprint density at radius 2 is 2.13 bits per heavy atom. The normalized spacial score (nSPS) is 18.0. The van der Waals surface area contributed by atoms with Crippen LogP contribution in [-0.4, -0.2) is 54.3 Å². The maximum Gasteiger partial charge on any atom is 0.353 e. The minimum atomic E-state index is -0.338. The molecule has 2 fully saturated rings. The van der Waals surface area contributed by atoms with Gasteiger partial charge in [-0.2, -0.15) is 0 Å². The van der Waals surface area contributed by atoms with Crippen LogP contribution in [0.1, 0.15) is 26.2 Å². The lowest BCUT2D eigenvalue weighted by atomic mass is 10.3. The third-order valence-electron chi connectivity index (χ3n) is 4.25. The Morgan fingerprint density at radius 3 is 2.74 bits per heavy atom. The van der Waals surface area contributed by atoms with Crippen LogP contribution < -0.4 is 9.80 Å². The van der Waals surface area contributed by atoms with E-state index in [0.717, 1.165) is 19.5 Å². The van der Waals surface area contributed by atoms with Crippen molar-refractivity contribution in [1.29, 1.82) is 0 Å². The molecule has 23 heavy (non-hydrogen) atoms. The molecule has 1 saturated heterocycles. The van der Waals surface area contributed by atoms with E-state index in [4.69, 9.17) is 4.74 Å². The molecule has 1 aliphatic carbocycles. The van der Waals surface area contributed by atoms with Crippen molar-refractivity contribution in [3.05, 3.63) is 16.4 Å². The lowest BCUT2D eigenvalue weighted by Crippen LogP contribution is -2.37. The van der Waals surface area contributed by atoms with Gasteiger partial charge in [-0.3, -0.25) is 10.1 Å². The molecule has 8 heteroatoms. The zero-order valence-corrected chi connectivity index (χ0v) is 13.5. The van der Waals surface area contributed by atoms with Crippen LogP contribution in [0.4, 0.5) is 17.3 Å². The Bertz CT molecular complexity index is 558. The van der Waals surface area contributed by atoms with Gasteiger partial charge in [-0.25, -0.2) is 9.97 Å². The van der Waals surface area contributed by atoms with Crippen molar-refractivity contribution in [1.82, 2.24) is 9.97 Å². The van der Waals surface area contributed by atoms with E-state index in [-0.39, 0.29) is 10.6 Å². The molecule has 1 aromatic heterocycles. The number of rotatable bonds is 7. The second-order valence-corrected chi connectivity index (χ2v) is 6.12. The zero-order chi connectivity index (χ0) is 16.2. The van der Waals surface area contributed by atoms with Crippen molar-refractivity contribution >= 4 is 17.3 Å². The van der Waals surface area contributed by atoms with Crippen molar-refractivity contribution in [2.45, 2.75) is 26.2 Å². The number of morpholine rings is 1. The molecule has 0 spiro atoms. The van der Waals surface area contributed by atoms with Gasteiger partial charge in [-0.15, -0.1) is 0 Å². The molecule has 0 radical (unpaired) electrons. The molecule has 1 aromatic rings. The first-order valence-electron chi connectivity index (χ1n) is 8.27. The Labute approximate surface area is 135 Å². The van der Waals surface area contributed by atoms with Gasteiger partial charge in [0, 0.05) is 26.2 Å². The summed E-state index contributed by atoms with van der Waals surface area (Å²) in [5.41, 5.74) is 0.0310. The van der Waals surface area contributed by atoms with E-state index in [1.165, 1.54) is 19.2 Å². The van der Waals surface area contributed by atoms with E-state index >= 15 is 0 Å². The van der Waals surface area contributed by atoms with Gasteiger partial charge in [0.2, 0.25) is 11.6 Å². The average Bonchev–Trinajstić information content (AvgIpc) is 3.38. The molecule has 1 aliphatic heterocycles. The molecule has 0 atom stereocenters. The van der Waals surface area contributed by atoms with E-state index in [1.54, 1.807) is 0 Å². The smallest absolute Gasteiger partial charge is 0.353 e. The molecule has 126 valence electrons. The summed E-state index contributed by atoms with van der Waals surface area (Å²) >= 11 is 0. The highest BCUT2D eigenvalue weighted by molar-refractivity contribution is 5.71. The first-order chi connectivity index (χ1) is 11.2. The van der Waals surface area contributed by atoms with Crippen molar-refractivity contribution in [2.24, 2.45) is 5.92 Å². The van der Waals surface area contributed by atoms with Crippen molar-refractivity contribution in [3.63, 3.8) is 0 Å². The number of ether oxygens (including phenoxy) is 1. The molecule has 0 amide bonds. The summed E-state index contributed by atoms with van der Waals surface area (Å²) in [4.78, 5) is 23.9. The number of nitrogens with zero attached hydrogens (tertiary/aromatic N) is 5. The van der Waals surface area contributed by atoms with E-state index < -0.39 is 0 Å². The summed E-state index contributed by atoms with van der Waals surface area (Å²) in [5, 5.41) is 11.7. The van der Waals surface area contributed by atoms with Gasteiger partial charge in [0.15, 0.2) is 0 Å². The monoisotopic (exact) mass is 321 g/mol. The van der Waals surface area contributed by atoms with E-state index in [9.17, 15) is 10.1 Å². The lowest BCUT2D eigenvalue weighted by Gasteiger charge is -2.29. The van der Waals surface area contributed by atoms with Crippen LogP contribution in [0.2, 0.25) is 0 Å². The van der Waals surface area contributed by atoms with Gasteiger partial charge >= 0.3 is 5.69 Å². The minimum absolute atomic E-state index is 0.0310. The van der Waals surface area contributed by atoms with Crippen LogP contribution >= 0.6 is 0 Å². The number of aromatic nitrogens is 2. The third-order valence-corrected chi connectivity index (χ3v) is 4.25. The van der Waals surface area contributed by atoms with Crippen molar-refractivity contribution in [3.8, 4) is 0 Å². The second kappa shape index (κ2) is 7.08. The predicted molar refractivity (Wildman–Crippen MR) is 86.9 cm³/mol. The highest BCUT2D eigenvalue weighted by Gasteiger charge is 2.33. The van der Waals surface area contributed by atoms with Crippen molar-refractivity contribution in [2.75, 3.05) is 49.2 Å². The first-order valence-corrected chi connectivity index (χ1v) is 8.27. The molecule has 8 nitrogen and oxygen atoms in total. The van der Waals surface area contributed by atoms with Crippen LogP contribution in [0, 0.1) is 16.0 Å². The highest BCUT2D eigenvalue weighted by atomic mass is 16.6. The third kappa shape index (κ3) is 3.69. The summed E-state index contributed by atoms with van der Waals surface area (Å²) in [7, 11) is 0. The minimum Gasteiger partial charge on any atom is -0.378 e. The van der Waals surface area contributed by atoms with Crippen LogP contribution in [0.15, 0.2) is 6.33 Å². The molecule has 2 heterocycles. The van der Waals surface area contributed by atoms with Gasteiger partial charge in [0.25, 0.3) is 0 Å². The number of nitro groups is 1. The molecule has 3 rings (SSSR count). The van der Waals surface area contributed by atoms with E-state index in [1.807, 2.05) is 4.90 Å². The molecule has 1 saturated carbocycles. The van der Waals surface area contributed by atoms with Crippen LogP contribution in [-0.2, 0) is 4.74 Å². The van der Waals surface area contributed by atoms with E-state index in [0.29, 0.717) is 43.9 Å². The summed E-state index contributed by atoms with van der Waals surface area (Å²) in [6, 6.07) is 0. The molecular formula is C15H23N5O3. The van der Waals surface area contributed by atoms with Crippen LogP contribution in [0.25, 0.3) is 0 Å². The maximum absolute atomic E-state index is 11.7. The Morgan fingerprint density at radius 1 is 1.39 bits per heavy atom. The van der Waals surface area contributed by atoms with Gasteiger partial charge < -0.3 is 14.5 Å². The predicted octanol–water partition coefficient (Wildman–Crippen LogP) is 1.85. The first kappa shape index (κ1) is 15.9. The fourth-order valence-electron chi connectivity index (χ4n) is 2.93.